The first-order chi connectivity index (χ1) is 13.0. The molecule has 2 heterocycles. The zero-order chi connectivity index (χ0) is 19.4. The van der Waals surface area contributed by atoms with Gasteiger partial charge in [0.1, 0.15) is 0 Å². The Hall–Kier alpha value is -2.28. The van der Waals surface area contributed by atoms with Crippen molar-refractivity contribution in [3.05, 3.63) is 23.8 Å². The van der Waals surface area contributed by atoms with Crippen LogP contribution in [0.4, 0.5) is 0 Å². The van der Waals surface area contributed by atoms with E-state index in [0.717, 1.165) is 12.0 Å². The molecule has 1 aromatic rings. The number of aliphatic hydroxyl groups excluding tert-OH is 1. The molecule has 148 valence electrons. The van der Waals surface area contributed by atoms with Gasteiger partial charge in [-0.1, -0.05) is 6.07 Å². The largest absolute Gasteiger partial charge is 0.493 e. The Bertz CT molecular complexity index is 708. The molecule has 2 amide bonds. The minimum Gasteiger partial charge on any atom is -0.493 e. The van der Waals surface area contributed by atoms with Crippen LogP contribution in [0.25, 0.3) is 0 Å². The van der Waals surface area contributed by atoms with Gasteiger partial charge in [-0.3, -0.25) is 9.59 Å². The second-order valence-electron chi connectivity index (χ2n) is 7.32. The van der Waals surface area contributed by atoms with E-state index in [0.29, 0.717) is 56.8 Å². The Kier molecular flexibility index (Phi) is 5.89. The number of aryl methyl sites for hydroxylation is 1. The van der Waals surface area contributed by atoms with Gasteiger partial charge in [0.05, 0.1) is 25.7 Å². The number of carbonyl (C=O) groups is 2. The van der Waals surface area contributed by atoms with Gasteiger partial charge >= 0.3 is 0 Å². The number of aliphatic hydroxyl groups is 1. The number of likely N-dealkylation sites (tertiary alicyclic amines) is 1. The topological polar surface area (TPSA) is 88.1 Å². The monoisotopic (exact) mass is 376 g/mol. The van der Waals surface area contributed by atoms with E-state index < -0.39 is 11.5 Å². The molecule has 3 rings (SSSR count). The number of carbonyl (C=O) groups excluding carboxylic acids is 2. The van der Waals surface area contributed by atoms with Gasteiger partial charge in [0.2, 0.25) is 11.8 Å². The normalized spacial score (nSPS) is 25.2. The van der Waals surface area contributed by atoms with Crippen molar-refractivity contribution in [1.82, 2.24) is 10.2 Å². The van der Waals surface area contributed by atoms with Crippen molar-refractivity contribution < 1.29 is 24.2 Å². The lowest BCUT2D eigenvalue weighted by molar-refractivity contribution is -0.154. The maximum absolute atomic E-state index is 12.7. The summed E-state index contributed by atoms with van der Waals surface area (Å²) in [6, 6.07) is 5.63. The Morgan fingerprint density at radius 1 is 1.33 bits per heavy atom. The molecule has 27 heavy (non-hydrogen) atoms. The molecule has 0 bridgehead atoms. The molecule has 0 radical (unpaired) electrons. The van der Waals surface area contributed by atoms with Crippen molar-refractivity contribution in [3.8, 4) is 11.5 Å². The van der Waals surface area contributed by atoms with Gasteiger partial charge in [-0.15, -0.1) is 0 Å². The molecular weight excluding hydrogens is 348 g/mol. The number of rotatable bonds is 5. The Balaban J connectivity index is 1.63. The second kappa shape index (κ2) is 8.17. The summed E-state index contributed by atoms with van der Waals surface area (Å²) in [6.45, 7) is 1.42. The first kappa shape index (κ1) is 19.5. The van der Waals surface area contributed by atoms with E-state index in [-0.39, 0.29) is 11.8 Å². The van der Waals surface area contributed by atoms with Crippen LogP contribution in [-0.4, -0.2) is 61.8 Å². The fraction of sp³-hybridized carbons (Fsp3) is 0.600. The second-order valence-corrected chi connectivity index (χ2v) is 7.32. The van der Waals surface area contributed by atoms with Gasteiger partial charge in [-0.05, 0) is 43.4 Å². The van der Waals surface area contributed by atoms with E-state index >= 15 is 0 Å². The first-order valence-electron chi connectivity index (χ1n) is 9.45. The van der Waals surface area contributed by atoms with Crippen molar-refractivity contribution in [2.75, 3.05) is 33.9 Å². The molecule has 7 nitrogen and oxygen atoms in total. The lowest BCUT2D eigenvalue weighted by atomic mass is 9.71. The number of amides is 2. The maximum atomic E-state index is 12.7. The summed E-state index contributed by atoms with van der Waals surface area (Å²) in [5, 5.41) is 13.3. The van der Waals surface area contributed by atoms with Crippen LogP contribution in [0.5, 0.6) is 11.5 Å². The molecule has 0 unspecified atom stereocenters. The highest BCUT2D eigenvalue weighted by molar-refractivity contribution is 5.86. The number of nitrogens with zero attached hydrogens (tertiary/aromatic N) is 1. The molecule has 0 saturated carbocycles. The number of ether oxygens (including phenoxy) is 2. The molecular formula is C20H28N2O5. The highest BCUT2D eigenvalue weighted by atomic mass is 16.5. The third-order valence-electron chi connectivity index (χ3n) is 5.75. The molecule has 2 fully saturated rings. The molecule has 0 aliphatic carbocycles. The summed E-state index contributed by atoms with van der Waals surface area (Å²) in [4.78, 5) is 26.9. The fourth-order valence-electron chi connectivity index (χ4n) is 4.10. The molecule has 0 aromatic heterocycles. The predicted molar refractivity (Wildman–Crippen MR) is 99.7 cm³/mol. The average Bonchev–Trinajstić information content (AvgIpc) is 2.70. The van der Waals surface area contributed by atoms with Crippen LogP contribution >= 0.6 is 0 Å². The van der Waals surface area contributed by atoms with E-state index in [1.165, 1.54) is 0 Å². The molecule has 2 aliphatic heterocycles. The van der Waals surface area contributed by atoms with E-state index in [1.54, 1.807) is 19.1 Å². The summed E-state index contributed by atoms with van der Waals surface area (Å²) >= 11 is 0. The quantitative estimate of drug-likeness (QED) is 0.804. The molecule has 1 spiro atoms. The minimum atomic E-state index is -0.852. The number of benzene rings is 1. The van der Waals surface area contributed by atoms with Crippen LogP contribution in [0, 0.1) is 5.41 Å². The van der Waals surface area contributed by atoms with Crippen LogP contribution in [-0.2, 0) is 16.0 Å². The van der Waals surface area contributed by atoms with Gasteiger partial charge in [-0.2, -0.15) is 0 Å². The third-order valence-corrected chi connectivity index (χ3v) is 5.75. The van der Waals surface area contributed by atoms with E-state index in [2.05, 4.69) is 5.32 Å². The van der Waals surface area contributed by atoms with Crippen molar-refractivity contribution in [2.45, 2.75) is 38.2 Å². The van der Waals surface area contributed by atoms with Gasteiger partial charge in [0.25, 0.3) is 0 Å². The van der Waals surface area contributed by atoms with Gasteiger partial charge in [0.15, 0.2) is 11.5 Å². The average molecular weight is 376 g/mol. The Morgan fingerprint density at radius 3 is 2.81 bits per heavy atom. The lowest BCUT2D eigenvalue weighted by Gasteiger charge is -2.46. The molecule has 2 saturated heterocycles. The summed E-state index contributed by atoms with van der Waals surface area (Å²) < 4.78 is 10.5. The van der Waals surface area contributed by atoms with Crippen molar-refractivity contribution in [2.24, 2.45) is 5.41 Å². The molecule has 2 N–H and O–H groups in total. The fourth-order valence-corrected chi connectivity index (χ4v) is 4.10. The van der Waals surface area contributed by atoms with Crippen LogP contribution in [0.15, 0.2) is 18.2 Å². The van der Waals surface area contributed by atoms with Gasteiger partial charge in [0, 0.05) is 26.1 Å². The first-order valence-corrected chi connectivity index (χ1v) is 9.45. The molecule has 7 heteroatoms. The van der Waals surface area contributed by atoms with E-state index in [1.807, 2.05) is 18.2 Å². The van der Waals surface area contributed by atoms with Gasteiger partial charge in [-0.25, -0.2) is 0 Å². The van der Waals surface area contributed by atoms with Crippen LogP contribution in [0.2, 0.25) is 0 Å². The summed E-state index contributed by atoms with van der Waals surface area (Å²) in [5.41, 5.74) is 0.137. The summed E-state index contributed by atoms with van der Waals surface area (Å²) in [7, 11) is 3.17. The third kappa shape index (κ3) is 3.88. The van der Waals surface area contributed by atoms with Crippen LogP contribution < -0.4 is 14.8 Å². The zero-order valence-electron chi connectivity index (χ0n) is 16.0. The number of nitrogens with one attached hydrogen (secondary N) is 1. The highest BCUT2D eigenvalue weighted by Crippen LogP contribution is 2.37. The van der Waals surface area contributed by atoms with E-state index in [4.69, 9.17) is 9.47 Å². The predicted octanol–water partition coefficient (Wildman–Crippen LogP) is 1.13. The van der Waals surface area contributed by atoms with Crippen molar-refractivity contribution in [1.29, 1.82) is 0 Å². The van der Waals surface area contributed by atoms with Crippen molar-refractivity contribution >= 4 is 11.8 Å². The van der Waals surface area contributed by atoms with Crippen molar-refractivity contribution in [3.63, 3.8) is 0 Å². The Labute approximate surface area is 159 Å². The van der Waals surface area contributed by atoms with Gasteiger partial charge < -0.3 is 24.8 Å². The molecule has 1 aromatic carbocycles. The summed E-state index contributed by atoms with van der Waals surface area (Å²) in [6.07, 6.45) is 2.14. The SMILES string of the molecule is COc1ccc(CCC(=O)N2CC[C@H](O)[C@@]3(CCCNC3=O)C2)cc1OC. The zero-order valence-corrected chi connectivity index (χ0v) is 16.0. The number of hydrogen-bond donors (Lipinski definition) is 2. The minimum absolute atomic E-state index is 0.00873. The van der Waals surface area contributed by atoms with E-state index in [9.17, 15) is 14.7 Å². The Morgan fingerprint density at radius 2 is 2.11 bits per heavy atom. The number of hydrogen-bond acceptors (Lipinski definition) is 5. The summed E-state index contributed by atoms with van der Waals surface area (Å²) in [5.74, 6) is 1.18. The maximum Gasteiger partial charge on any atom is 0.230 e. The smallest absolute Gasteiger partial charge is 0.230 e. The highest BCUT2D eigenvalue weighted by Gasteiger charge is 2.50. The standard InChI is InChI=1S/C20H28N2O5/c1-26-15-6-4-14(12-16(15)27-2)5-7-18(24)22-11-8-17(23)20(13-22)9-3-10-21-19(20)25/h4,6,12,17,23H,3,5,7-11,13H2,1-2H3,(H,21,25)/t17-,20+/m0/s1. The number of methoxy groups -OCH3 is 2. The molecule has 2 aliphatic rings. The lowest BCUT2D eigenvalue weighted by Crippen LogP contribution is -2.62. The van der Waals surface area contributed by atoms with Crippen LogP contribution in [0.3, 0.4) is 0 Å². The number of piperidine rings is 2. The molecule has 2 atom stereocenters. The van der Waals surface area contributed by atoms with Crippen LogP contribution in [0.1, 0.15) is 31.2 Å².